The molecule has 3 aromatic rings. The van der Waals surface area contributed by atoms with Crippen molar-refractivity contribution in [3.05, 3.63) is 83.9 Å². The molecule has 7 heteroatoms. The third kappa shape index (κ3) is 7.41. The molecule has 2 N–H and O–H groups in total. The van der Waals surface area contributed by atoms with E-state index in [4.69, 9.17) is 4.74 Å². The van der Waals surface area contributed by atoms with E-state index in [1.54, 1.807) is 13.3 Å². The van der Waals surface area contributed by atoms with Crippen LogP contribution in [0.4, 0.5) is 0 Å². The van der Waals surface area contributed by atoms with Crippen LogP contribution in [-0.2, 0) is 19.6 Å². The number of guanidine groups is 1. The molecular weight excluding hydrogens is 477 g/mol. The molecule has 0 aliphatic rings. The van der Waals surface area contributed by atoms with Crippen LogP contribution in [-0.4, -0.2) is 29.2 Å². The summed E-state index contributed by atoms with van der Waals surface area (Å²) in [5.74, 6) is 1.65. The van der Waals surface area contributed by atoms with E-state index in [2.05, 4.69) is 62.4 Å². The quantitative estimate of drug-likeness (QED) is 0.278. The highest BCUT2D eigenvalue weighted by Gasteiger charge is 2.01. The van der Waals surface area contributed by atoms with Gasteiger partial charge in [-0.25, -0.2) is 9.98 Å². The fourth-order valence-corrected chi connectivity index (χ4v) is 2.82. The Morgan fingerprint density at radius 3 is 2.55 bits per heavy atom. The second-order valence-corrected chi connectivity index (χ2v) is 6.45. The maximum absolute atomic E-state index is 5.27. The van der Waals surface area contributed by atoms with Crippen LogP contribution in [0.5, 0.6) is 5.75 Å². The minimum Gasteiger partial charge on any atom is -0.497 e. The largest absolute Gasteiger partial charge is 0.497 e. The first-order valence-electron chi connectivity index (χ1n) is 9.45. The van der Waals surface area contributed by atoms with Crippen LogP contribution < -0.4 is 15.4 Å². The number of hydrogen-bond acceptors (Lipinski definition) is 3. The third-order valence-corrected chi connectivity index (χ3v) is 4.31. The molecule has 0 radical (unpaired) electrons. The minimum atomic E-state index is 0. The van der Waals surface area contributed by atoms with Gasteiger partial charge in [-0.15, -0.1) is 24.0 Å². The van der Waals surface area contributed by atoms with E-state index < -0.39 is 0 Å². The van der Waals surface area contributed by atoms with Crippen molar-refractivity contribution in [2.75, 3.05) is 13.7 Å². The Labute approximate surface area is 189 Å². The molecule has 6 nitrogen and oxygen atoms in total. The van der Waals surface area contributed by atoms with E-state index in [1.807, 2.05) is 30.7 Å². The van der Waals surface area contributed by atoms with Gasteiger partial charge in [0.15, 0.2) is 5.96 Å². The Morgan fingerprint density at radius 2 is 1.86 bits per heavy atom. The molecule has 3 rings (SSSR count). The van der Waals surface area contributed by atoms with E-state index >= 15 is 0 Å². The Kier molecular flexibility index (Phi) is 9.49. The summed E-state index contributed by atoms with van der Waals surface area (Å²) in [7, 11) is 1.68. The molecule has 0 spiro atoms. The summed E-state index contributed by atoms with van der Waals surface area (Å²) in [6.45, 7) is 5.02. The van der Waals surface area contributed by atoms with Gasteiger partial charge < -0.3 is 19.9 Å². The molecule has 0 aliphatic heterocycles. The highest BCUT2D eigenvalue weighted by Crippen LogP contribution is 2.13. The normalized spacial score (nSPS) is 10.9. The van der Waals surface area contributed by atoms with Crippen LogP contribution in [0.3, 0.4) is 0 Å². The lowest BCUT2D eigenvalue weighted by Crippen LogP contribution is -2.36. The van der Waals surface area contributed by atoms with Crippen LogP contribution >= 0.6 is 24.0 Å². The first-order chi connectivity index (χ1) is 13.8. The van der Waals surface area contributed by atoms with Crippen molar-refractivity contribution in [3.8, 4) is 5.75 Å². The number of aromatic nitrogens is 2. The average Bonchev–Trinajstić information content (AvgIpc) is 3.24. The van der Waals surface area contributed by atoms with E-state index in [0.29, 0.717) is 6.54 Å². The molecule has 154 valence electrons. The van der Waals surface area contributed by atoms with E-state index in [0.717, 1.165) is 36.9 Å². The SMILES string of the molecule is CCNC(=NCc1cccc(OC)c1)NCc1ccc(Cn2ccnc2)cc1.I. The van der Waals surface area contributed by atoms with E-state index in [1.165, 1.54) is 11.1 Å². The van der Waals surface area contributed by atoms with Crippen LogP contribution in [0.1, 0.15) is 23.6 Å². The molecule has 0 unspecified atom stereocenters. The number of nitrogens with one attached hydrogen (secondary N) is 2. The summed E-state index contributed by atoms with van der Waals surface area (Å²) in [6.07, 6.45) is 5.60. The second-order valence-electron chi connectivity index (χ2n) is 6.45. The average molecular weight is 505 g/mol. The minimum absolute atomic E-state index is 0. The number of hydrogen-bond donors (Lipinski definition) is 2. The lowest BCUT2D eigenvalue weighted by molar-refractivity contribution is 0.414. The molecule has 0 saturated carbocycles. The van der Waals surface area contributed by atoms with Gasteiger partial charge in [-0.2, -0.15) is 0 Å². The number of methoxy groups -OCH3 is 1. The number of benzene rings is 2. The molecule has 0 saturated heterocycles. The van der Waals surface area contributed by atoms with Crippen molar-refractivity contribution < 1.29 is 4.74 Å². The van der Waals surface area contributed by atoms with Gasteiger partial charge in [0.05, 0.1) is 20.0 Å². The van der Waals surface area contributed by atoms with Gasteiger partial charge in [0.1, 0.15) is 5.75 Å². The van der Waals surface area contributed by atoms with E-state index in [-0.39, 0.29) is 24.0 Å². The number of rotatable bonds is 8. The number of imidazole rings is 1. The predicted octanol–water partition coefficient (Wildman–Crippen LogP) is 3.81. The maximum Gasteiger partial charge on any atom is 0.191 e. The predicted molar refractivity (Wildman–Crippen MR) is 128 cm³/mol. The number of halogens is 1. The lowest BCUT2D eigenvalue weighted by atomic mass is 10.1. The monoisotopic (exact) mass is 505 g/mol. The van der Waals surface area contributed by atoms with E-state index in [9.17, 15) is 0 Å². The van der Waals surface area contributed by atoms with Crippen molar-refractivity contribution >= 4 is 29.9 Å². The second kappa shape index (κ2) is 12.1. The van der Waals surface area contributed by atoms with Crippen molar-refractivity contribution in [1.29, 1.82) is 0 Å². The van der Waals surface area contributed by atoms with Crippen molar-refractivity contribution in [2.24, 2.45) is 4.99 Å². The summed E-state index contributed by atoms with van der Waals surface area (Å²) in [4.78, 5) is 8.75. The number of aliphatic imine (C=N–C) groups is 1. The summed E-state index contributed by atoms with van der Waals surface area (Å²) in [5.41, 5.74) is 3.57. The molecule has 0 fully saturated rings. The zero-order valence-corrected chi connectivity index (χ0v) is 19.2. The van der Waals surface area contributed by atoms with Crippen LogP contribution in [0.15, 0.2) is 72.2 Å². The highest BCUT2D eigenvalue weighted by atomic mass is 127. The summed E-state index contributed by atoms with van der Waals surface area (Å²) in [5, 5.41) is 6.68. The molecule has 0 atom stereocenters. The zero-order chi connectivity index (χ0) is 19.6. The van der Waals surface area contributed by atoms with Gasteiger partial charge in [0.2, 0.25) is 0 Å². The molecule has 29 heavy (non-hydrogen) atoms. The van der Waals surface area contributed by atoms with Gasteiger partial charge in [-0.3, -0.25) is 0 Å². The summed E-state index contributed by atoms with van der Waals surface area (Å²) < 4.78 is 7.33. The summed E-state index contributed by atoms with van der Waals surface area (Å²) in [6, 6.07) is 16.6. The molecular formula is C22H28IN5O. The van der Waals surface area contributed by atoms with Crippen LogP contribution in [0.2, 0.25) is 0 Å². The topological polar surface area (TPSA) is 63.5 Å². The summed E-state index contributed by atoms with van der Waals surface area (Å²) >= 11 is 0. The Balaban J connectivity index is 0.00000300. The van der Waals surface area contributed by atoms with Crippen LogP contribution in [0, 0.1) is 0 Å². The molecule has 0 amide bonds. The highest BCUT2D eigenvalue weighted by molar-refractivity contribution is 14.0. The van der Waals surface area contributed by atoms with Gasteiger partial charge in [0, 0.05) is 32.0 Å². The van der Waals surface area contributed by atoms with Crippen molar-refractivity contribution in [3.63, 3.8) is 0 Å². The Hall–Kier alpha value is -2.55. The lowest BCUT2D eigenvalue weighted by Gasteiger charge is -2.12. The molecule has 0 bridgehead atoms. The first kappa shape index (κ1) is 22.7. The fourth-order valence-electron chi connectivity index (χ4n) is 2.82. The molecule has 0 aliphatic carbocycles. The Morgan fingerprint density at radius 1 is 1.07 bits per heavy atom. The van der Waals surface area contributed by atoms with Crippen molar-refractivity contribution in [1.82, 2.24) is 20.2 Å². The van der Waals surface area contributed by atoms with Gasteiger partial charge in [-0.1, -0.05) is 36.4 Å². The van der Waals surface area contributed by atoms with Crippen LogP contribution in [0.25, 0.3) is 0 Å². The molecule has 1 heterocycles. The number of nitrogens with zero attached hydrogens (tertiary/aromatic N) is 3. The smallest absolute Gasteiger partial charge is 0.191 e. The number of ether oxygens (including phenoxy) is 1. The molecule has 2 aromatic carbocycles. The maximum atomic E-state index is 5.27. The standard InChI is InChI=1S/C22H27N5O.HI/c1-3-24-22(26-15-20-5-4-6-21(13-20)28-2)25-14-18-7-9-19(10-8-18)16-27-12-11-23-17-27;/h4-13,17H,3,14-16H2,1-2H3,(H2,24,25,26);1H. The van der Waals surface area contributed by atoms with Gasteiger partial charge in [-0.05, 0) is 35.7 Å². The third-order valence-electron chi connectivity index (χ3n) is 4.31. The molecule has 1 aromatic heterocycles. The van der Waals surface area contributed by atoms with Gasteiger partial charge in [0.25, 0.3) is 0 Å². The van der Waals surface area contributed by atoms with Crippen molar-refractivity contribution in [2.45, 2.75) is 26.6 Å². The zero-order valence-electron chi connectivity index (χ0n) is 16.8. The fraction of sp³-hybridized carbons (Fsp3) is 0.273. The first-order valence-corrected chi connectivity index (χ1v) is 9.45. The Bertz CT molecular complexity index is 878. The van der Waals surface area contributed by atoms with Gasteiger partial charge >= 0.3 is 0 Å².